The summed E-state index contributed by atoms with van der Waals surface area (Å²) in [6.07, 6.45) is 2.34. The van der Waals surface area contributed by atoms with E-state index >= 15 is 0 Å². The van der Waals surface area contributed by atoms with E-state index in [9.17, 15) is 22.7 Å². The molecule has 0 unspecified atom stereocenters. The van der Waals surface area contributed by atoms with Crippen molar-refractivity contribution in [2.24, 2.45) is 0 Å². The molecule has 156 valence electrons. The number of halogens is 1. The van der Waals surface area contributed by atoms with E-state index in [1.54, 1.807) is 24.3 Å². The molecule has 2 aromatic carbocycles. The first-order valence-corrected chi connectivity index (χ1v) is 11.2. The molecule has 4 aromatic rings. The van der Waals surface area contributed by atoms with Crippen LogP contribution < -0.4 is 0 Å². The number of nitrogens with one attached hydrogen (secondary N) is 1. The molecule has 31 heavy (non-hydrogen) atoms. The number of ketones is 1. The maximum atomic E-state index is 13.1. The second-order valence-corrected chi connectivity index (χ2v) is 9.47. The van der Waals surface area contributed by atoms with Crippen LogP contribution in [0.1, 0.15) is 15.9 Å². The van der Waals surface area contributed by atoms with Crippen molar-refractivity contribution in [2.45, 2.75) is 9.10 Å². The van der Waals surface area contributed by atoms with Crippen LogP contribution in [0, 0.1) is 5.82 Å². The van der Waals surface area contributed by atoms with E-state index in [1.165, 1.54) is 29.9 Å². The second kappa shape index (κ2) is 8.25. The van der Waals surface area contributed by atoms with Crippen LogP contribution in [0.25, 0.3) is 17.1 Å². The highest BCUT2D eigenvalue weighted by Crippen LogP contribution is 2.30. The SMILES string of the molecule is O=C(C=C(O)c1csc(S(=O)(=O)c2ccc(F)cc2)c1)c1ccccc1-c1ncn[nH]1. The number of nitrogens with zero attached hydrogens (tertiary/aromatic N) is 2. The minimum atomic E-state index is -3.88. The fraction of sp³-hybridized carbons (Fsp3) is 0. The third-order valence-corrected chi connectivity index (χ3v) is 7.60. The third kappa shape index (κ3) is 4.16. The Labute approximate surface area is 180 Å². The molecular weight excluding hydrogens is 441 g/mol. The summed E-state index contributed by atoms with van der Waals surface area (Å²) in [4.78, 5) is 16.7. The number of aliphatic hydroxyl groups is 1. The Morgan fingerprint density at radius 2 is 1.87 bits per heavy atom. The number of aromatic nitrogens is 3. The first kappa shape index (κ1) is 20.6. The molecule has 7 nitrogen and oxygen atoms in total. The van der Waals surface area contributed by atoms with Crippen molar-refractivity contribution in [2.75, 3.05) is 0 Å². The highest BCUT2D eigenvalue weighted by atomic mass is 32.2. The van der Waals surface area contributed by atoms with Crippen LogP contribution in [0.4, 0.5) is 4.39 Å². The van der Waals surface area contributed by atoms with Crippen molar-refractivity contribution in [3.63, 3.8) is 0 Å². The molecule has 2 aromatic heterocycles. The van der Waals surface area contributed by atoms with E-state index in [1.807, 2.05) is 0 Å². The summed E-state index contributed by atoms with van der Waals surface area (Å²) >= 11 is 0.891. The topological polar surface area (TPSA) is 113 Å². The Bertz CT molecular complexity index is 1380. The molecule has 10 heteroatoms. The number of aromatic amines is 1. The Balaban J connectivity index is 1.63. The molecule has 0 aliphatic rings. The highest BCUT2D eigenvalue weighted by molar-refractivity contribution is 7.93. The molecule has 0 aliphatic heterocycles. The molecule has 0 saturated carbocycles. The molecule has 2 N–H and O–H groups in total. The van der Waals surface area contributed by atoms with Gasteiger partial charge in [0.15, 0.2) is 11.6 Å². The average Bonchev–Trinajstić information content (AvgIpc) is 3.47. The summed E-state index contributed by atoms with van der Waals surface area (Å²) in [5, 5.41) is 18.3. The number of benzene rings is 2. The minimum absolute atomic E-state index is 0.0384. The van der Waals surface area contributed by atoms with Gasteiger partial charge in [0.05, 0.1) is 4.90 Å². The van der Waals surface area contributed by atoms with E-state index in [-0.39, 0.29) is 20.4 Å². The third-order valence-electron chi connectivity index (χ3n) is 4.39. The van der Waals surface area contributed by atoms with Gasteiger partial charge < -0.3 is 5.11 Å². The van der Waals surface area contributed by atoms with Gasteiger partial charge in [-0.25, -0.2) is 17.8 Å². The Kier molecular flexibility index (Phi) is 5.49. The van der Waals surface area contributed by atoms with Crippen LogP contribution in [-0.2, 0) is 9.84 Å². The number of rotatable bonds is 6. The monoisotopic (exact) mass is 455 g/mol. The van der Waals surface area contributed by atoms with E-state index in [0.717, 1.165) is 29.5 Å². The molecule has 0 atom stereocenters. The molecular formula is C21H14FN3O4S2. The number of allylic oxidation sites excluding steroid dienone is 1. The fourth-order valence-electron chi connectivity index (χ4n) is 2.85. The number of aliphatic hydroxyl groups excluding tert-OH is 1. The standard InChI is InChI=1S/C21H14FN3O4S2/c22-14-5-7-15(8-6-14)31(28,29)20-9-13(11-30-20)18(26)10-19(27)16-3-1-2-4-17(16)21-23-12-24-25-21/h1-12,26H,(H,23,24,25). The van der Waals surface area contributed by atoms with Gasteiger partial charge in [0.2, 0.25) is 9.84 Å². The zero-order valence-electron chi connectivity index (χ0n) is 15.7. The lowest BCUT2D eigenvalue weighted by Crippen LogP contribution is -2.01. The maximum absolute atomic E-state index is 13.1. The first-order valence-electron chi connectivity index (χ1n) is 8.85. The Morgan fingerprint density at radius 3 is 2.58 bits per heavy atom. The largest absolute Gasteiger partial charge is 0.507 e. The zero-order valence-corrected chi connectivity index (χ0v) is 17.3. The van der Waals surface area contributed by atoms with Gasteiger partial charge in [0.1, 0.15) is 22.1 Å². The number of hydrogen-bond donors (Lipinski definition) is 2. The minimum Gasteiger partial charge on any atom is -0.507 e. The quantitative estimate of drug-likeness (QED) is 0.194. The van der Waals surface area contributed by atoms with Crippen molar-refractivity contribution in [1.29, 1.82) is 0 Å². The highest BCUT2D eigenvalue weighted by Gasteiger charge is 2.21. The van der Waals surface area contributed by atoms with E-state index in [2.05, 4.69) is 15.2 Å². The van der Waals surface area contributed by atoms with Crippen LogP contribution in [0.5, 0.6) is 0 Å². The van der Waals surface area contributed by atoms with Crippen molar-refractivity contribution < 1.29 is 22.7 Å². The summed E-state index contributed by atoms with van der Waals surface area (Å²) in [5.41, 5.74) is 0.982. The van der Waals surface area contributed by atoms with Crippen LogP contribution in [0.2, 0.25) is 0 Å². The number of H-pyrrole nitrogens is 1. The van der Waals surface area contributed by atoms with Gasteiger partial charge in [0, 0.05) is 28.1 Å². The second-order valence-electron chi connectivity index (χ2n) is 6.39. The molecule has 0 aliphatic carbocycles. The van der Waals surface area contributed by atoms with Crippen molar-refractivity contribution >= 4 is 32.7 Å². The smallest absolute Gasteiger partial charge is 0.215 e. The van der Waals surface area contributed by atoms with E-state index in [4.69, 9.17) is 0 Å². The van der Waals surface area contributed by atoms with Crippen LogP contribution in [0.15, 0.2) is 81.5 Å². The van der Waals surface area contributed by atoms with Crippen LogP contribution in [0.3, 0.4) is 0 Å². The average molecular weight is 455 g/mol. The summed E-state index contributed by atoms with van der Waals surface area (Å²) in [5.74, 6) is -1.01. The normalized spacial score (nSPS) is 12.1. The molecule has 4 rings (SSSR count). The fourth-order valence-corrected chi connectivity index (χ4v) is 5.42. The molecule has 0 saturated heterocycles. The summed E-state index contributed by atoms with van der Waals surface area (Å²) in [6, 6.07) is 12.4. The van der Waals surface area contributed by atoms with Gasteiger partial charge in [-0.05, 0) is 30.3 Å². The summed E-state index contributed by atoms with van der Waals surface area (Å²) in [6.45, 7) is 0. The van der Waals surface area contributed by atoms with Crippen LogP contribution in [-0.4, -0.2) is 34.5 Å². The molecule has 0 amide bonds. The van der Waals surface area contributed by atoms with Crippen molar-refractivity contribution in [3.05, 3.63) is 89.3 Å². The number of thiophene rings is 1. The lowest BCUT2D eigenvalue weighted by molar-refractivity contribution is 0.104. The Hall–Kier alpha value is -3.63. The summed E-state index contributed by atoms with van der Waals surface area (Å²) < 4.78 is 38.5. The molecule has 0 spiro atoms. The lowest BCUT2D eigenvalue weighted by atomic mass is 10.0. The first-order chi connectivity index (χ1) is 14.9. The summed E-state index contributed by atoms with van der Waals surface area (Å²) in [7, 11) is -3.88. The lowest BCUT2D eigenvalue weighted by Gasteiger charge is -2.04. The van der Waals surface area contributed by atoms with Gasteiger partial charge in [-0.2, -0.15) is 5.10 Å². The van der Waals surface area contributed by atoms with Crippen molar-refractivity contribution in [1.82, 2.24) is 15.2 Å². The van der Waals surface area contributed by atoms with E-state index in [0.29, 0.717) is 17.0 Å². The van der Waals surface area contributed by atoms with Gasteiger partial charge in [0.25, 0.3) is 0 Å². The predicted molar refractivity (Wildman–Crippen MR) is 113 cm³/mol. The van der Waals surface area contributed by atoms with Crippen LogP contribution >= 0.6 is 11.3 Å². The van der Waals surface area contributed by atoms with Gasteiger partial charge >= 0.3 is 0 Å². The van der Waals surface area contributed by atoms with Gasteiger partial charge in [-0.15, -0.1) is 11.3 Å². The van der Waals surface area contributed by atoms with Crippen molar-refractivity contribution in [3.8, 4) is 11.4 Å². The zero-order chi connectivity index (χ0) is 22.0. The number of sulfone groups is 1. The number of carbonyl (C=O) groups is 1. The predicted octanol–water partition coefficient (Wildman–Crippen LogP) is 4.29. The molecule has 0 radical (unpaired) electrons. The van der Waals surface area contributed by atoms with Gasteiger partial charge in [-0.3, -0.25) is 9.89 Å². The maximum Gasteiger partial charge on any atom is 0.215 e. The number of hydrogen-bond acceptors (Lipinski definition) is 7. The Morgan fingerprint density at radius 1 is 1.13 bits per heavy atom. The molecule has 0 fully saturated rings. The molecule has 0 bridgehead atoms. The van der Waals surface area contributed by atoms with Gasteiger partial charge in [-0.1, -0.05) is 24.3 Å². The van der Waals surface area contributed by atoms with E-state index < -0.39 is 21.4 Å². The number of carbonyl (C=O) groups excluding carboxylic acids is 1. The molecule has 2 heterocycles.